The Labute approximate surface area is 119 Å². The highest BCUT2D eigenvalue weighted by Gasteiger charge is 2.21. The first-order valence-electron chi connectivity index (χ1n) is 6.91. The fourth-order valence-corrected chi connectivity index (χ4v) is 3.31. The fourth-order valence-electron chi connectivity index (χ4n) is 2.48. The summed E-state index contributed by atoms with van der Waals surface area (Å²) in [5.41, 5.74) is 6.43. The van der Waals surface area contributed by atoms with E-state index in [0.29, 0.717) is 24.2 Å². The van der Waals surface area contributed by atoms with Crippen LogP contribution in [0.1, 0.15) is 32.6 Å². The van der Waals surface area contributed by atoms with E-state index in [1.54, 1.807) is 0 Å². The maximum absolute atomic E-state index is 5.83. The second-order valence-corrected chi connectivity index (χ2v) is 6.03. The number of thioether (sulfide) groups is 1. The van der Waals surface area contributed by atoms with Gasteiger partial charge in [0.15, 0.2) is 0 Å². The van der Waals surface area contributed by atoms with E-state index in [-0.39, 0.29) is 0 Å². The highest BCUT2D eigenvalue weighted by Crippen LogP contribution is 2.29. The number of aromatic nitrogens is 1. The molecule has 106 valence electrons. The van der Waals surface area contributed by atoms with Crippen LogP contribution in [0.25, 0.3) is 0 Å². The van der Waals surface area contributed by atoms with Crippen molar-refractivity contribution in [2.75, 3.05) is 23.9 Å². The monoisotopic (exact) mass is 281 g/mol. The van der Waals surface area contributed by atoms with E-state index in [2.05, 4.69) is 16.6 Å². The topological polar surface area (TPSA) is 60.2 Å². The molecule has 1 fully saturated rings. The molecule has 1 saturated carbocycles. The van der Waals surface area contributed by atoms with Gasteiger partial charge in [-0.1, -0.05) is 6.42 Å². The predicted octanol–water partition coefficient (Wildman–Crippen LogP) is 3.15. The molecule has 1 aliphatic rings. The molecule has 0 radical (unpaired) electrons. The van der Waals surface area contributed by atoms with Crippen LogP contribution in [-0.4, -0.2) is 29.1 Å². The Bertz CT molecular complexity index is 414. The molecule has 3 N–H and O–H groups in total. The van der Waals surface area contributed by atoms with Gasteiger partial charge in [0.2, 0.25) is 5.88 Å². The van der Waals surface area contributed by atoms with E-state index < -0.39 is 0 Å². The second-order valence-electron chi connectivity index (χ2n) is 4.89. The van der Waals surface area contributed by atoms with Crippen molar-refractivity contribution < 1.29 is 4.74 Å². The quantitative estimate of drug-likeness (QED) is 0.868. The van der Waals surface area contributed by atoms with Gasteiger partial charge in [-0.2, -0.15) is 16.7 Å². The first kappa shape index (κ1) is 14.3. The molecule has 1 aromatic rings. The van der Waals surface area contributed by atoms with E-state index in [0.717, 1.165) is 11.1 Å². The standard InChI is InChI=1S/C14H23N3OS/c1-3-18-14-12(15)7-8-13(17-14)16-10-5-4-6-11(9-10)19-2/h7-8,10-11H,3-6,9,15H2,1-2H3,(H,16,17). The third kappa shape index (κ3) is 3.93. The van der Waals surface area contributed by atoms with Crippen LogP contribution < -0.4 is 15.8 Å². The lowest BCUT2D eigenvalue weighted by Crippen LogP contribution is -2.28. The SMILES string of the molecule is CCOc1nc(NC2CCCC(SC)C2)ccc1N. The summed E-state index contributed by atoms with van der Waals surface area (Å²) in [5.74, 6) is 1.40. The molecule has 0 amide bonds. The minimum Gasteiger partial charge on any atom is -0.476 e. The van der Waals surface area contributed by atoms with Gasteiger partial charge in [0.05, 0.1) is 12.3 Å². The fraction of sp³-hybridized carbons (Fsp3) is 0.643. The molecule has 4 nitrogen and oxygen atoms in total. The normalized spacial score (nSPS) is 23.1. The van der Waals surface area contributed by atoms with Gasteiger partial charge >= 0.3 is 0 Å². The lowest BCUT2D eigenvalue weighted by atomic mass is 9.95. The van der Waals surface area contributed by atoms with Crippen LogP contribution >= 0.6 is 11.8 Å². The van der Waals surface area contributed by atoms with Gasteiger partial charge in [-0.25, -0.2) is 0 Å². The Morgan fingerprint density at radius 2 is 2.32 bits per heavy atom. The predicted molar refractivity (Wildman–Crippen MR) is 83.0 cm³/mol. The molecular formula is C14H23N3OS. The molecule has 0 aliphatic heterocycles. The molecule has 1 aliphatic carbocycles. The van der Waals surface area contributed by atoms with E-state index in [1.165, 1.54) is 25.7 Å². The van der Waals surface area contributed by atoms with Gasteiger partial charge in [-0.15, -0.1) is 0 Å². The molecule has 0 bridgehead atoms. The van der Waals surface area contributed by atoms with E-state index in [9.17, 15) is 0 Å². The minimum atomic E-state index is 0.511. The van der Waals surface area contributed by atoms with Crippen molar-refractivity contribution in [2.24, 2.45) is 0 Å². The van der Waals surface area contributed by atoms with Gasteiger partial charge in [-0.3, -0.25) is 0 Å². The molecule has 5 heteroatoms. The van der Waals surface area contributed by atoms with Gasteiger partial charge in [-0.05, 0) is 44.6 Å². The van der Waals surface area contributed by atoms with Gasteiger partial charge in [0.1, 0.15) is 5.82 Å². The Hall–Kier alpha value is -1.10. The number of pyridine rings is 1. The Morgan fingerprint density at radius 3 is 3.05 bits per heavy atom. The lowest BCUT2D eigenvalue weighted by molar-refractivity contribution is 0.329. The zero-order valence-corrected chi connectivity index (χ0v) is 12.5. The van der Waals surface area contributed by atoms with Gasteiger partial charge in [0, 0.05) is 11.3 Å². The minimum absolute atomic E-state index is 0.511. The van der Waals surface area contributed by atoms with E-state index >= 15 is 0 Å². The number of rotatable bonds is 5. The Balaban J connectivity index is 2.00. The highest BCUT2D eigenvalue weighted by molar-refractivity contribution is 7.99. The number of nitrogens with two attached hydrogens (primary N) is 1. The summed E-state index contributed by atoms with van der Waals surface area (Å²) in [6.07, 6.45) is 7.24. The Morgan fingerprint density at radius 1 is 1.47 bits per heavy atom. The highest BCUT2D eigenvalue weighted by atomic mass is 32.2. The van der Waals surface area contributed by atoms with Crippen LogP contribution in [0, 0.1) is 0 Å². The summed E-state index contributed by atoms with van der Waals surface area (Å²) in [7, 11) is 0. The number of hydrogen-bond donors (Lipinski definition) is 2. The lowest BCUT2D eigenvalue weighted by Gasteiger charge is -2.29. The smallest absolute Gasteiger partial charge is 0.239 e. The summed E-state index contributed by atoms with van der Waals surface area (Å²) < 4.78 is 5.43. The number of anilines is 2. The molecule has 19 heavy (non-hydrogen) atoms. The van der Waals surface area contributed by atoms with Crippen molar-refractivity contribution in [3.63, 3.8) is 0 Å². The van der Waals surface area contributed by atoms with E-state index in [4.69, 9.17) is 10.5 Å². The third-order valence-corrected chi connectivity index (χ3v) is 4.58. The number of nitrogen functional groups attached to an aromatic ring is 1. The van der Waals surface area contributed by atoms with Gasteiger partial charge in [0.25, 0.3) is 0 Å². The summed E-state index contributed by atoms with van der Waals surface area (Å²) >= 11 is 1.97. The summed E-state index contributed by atoms with van der Waals surface area (Å²) in [4.78, 5) is 4.44. The molecule has 2 atom stereocenters. The summed E-state index contributed by atoms with van der Waals surface area (Å²) in [6, 6.07) is 4.30. The molecule has 0 spiro atoms. The van der Waals surface area contributed by atoms with Crippen molar-refractivity contribution in [2.45, 2.75) is 43.9 Å². The summed E-state index contributed by atoms with van der Waals surface area (Å²) in [6.45, 7) is 2.52. The van der Waals surface area contributed by atoms with Crippen LogP contribution in [0.3, 0.4) is 0 Å². The molecule has 2 rings (SSSR count). The molecule has 1 heterocycles. The van der Waals surface area contributed by atoms with Crippen molar-refractivity contribution in [3.8, 4) is 5.88 Å². The number of hydrogen-bond acceptors (Lipinski definition) is 5. The van der Waals surface area contributed by atoms with Crippen LogP contribution in [0.15, 0.2) is 12.1 Å². The Kier molecular flexibility index (Phi) is 5.19. The molecule has 0 saturated heterocycles. The molecule has 0 aromatic carbocycles. The zero-order valence-electron chi connectivity index (χ0n) is 11.7. The zero-order chi connectivity index (χ0) is 13.7. The van der Waals surface area contributed by atoms with Crippen molar-refractivity contribution in [1.82, 2.24) is 4.98 Å². The number of ether oxygens (including phenoxy) is 1. The van der Waals surface area contributed by atoms with Gasteiger partial charge < -0.3 is 15.8 Å². The first-order chi connectivity index (χ1) is 9.22. The summed E-state index contributed by atoms with van der Waals surface area (Å²) in [5, 5.41) is 4.28. The first-order valence-corrected chi connectivity index (χ1v) is 8.20. The van der Waals surface area contributed by atoms with Crippen molar-refractivity contribution in [3.05, 3.63) is 12.1 Å². The van der Waals surface area contributed by atoms with Crippen LogP contribution in [-0.2, 0) is 0 Å². The van der Waals surface area contributed by atoms with Crippen LogP contribution in [0.2, 0.25) is 0 Å². The van der Waals surface area contributed by atoms with Crippen LogP contribution in [0.4, 0.5) is 11.5 Å². The molecular weight excluding hydrogens is 258 g/mol. The van der Waals surface area contributed by atoms with Crippen molar-refractivity contribution >= 4 is 23.3 Å². The second kappa shape index (κ2) is 6.89. The number of nitrogens with one attached hydrogen (secondary N) is 1. The molecule has 2 unspecified atom stereocenters. The van der Waals surface area contributed by atoms with Crippen molar-refractivity contribution in [1.29, 1.82) is 0 Å². The average Bonchev–Trinajstić information content (AvgIpc) is 2.43. The average molecular weight is 281 g/mol. The number of nitrogens with zero attached hydrogens (tertiary/aromatic N) is 1. The maximum Gasteiger partial charge on any atom is 0.239 e. The van der Waals surface area contributed by atoms with Crippen LogP contribution in [0.5, 0.6) is 5.88 Å². The maximum atomic E-state index is 5.83. The van der Waals surface area contributed by atoms with E-state index in [1.807, 2.05) is 30.8 Å². The third-order valence-electron chi connectivity index (χ3n) is 3.48. The molecule has 1 aromatic heterocycles. The largest absolute Gasteiger partial charge is 0.476 e.